The number of primary amides is 1. The fraction of sp³-hybridized carbons (Fsp3) is 0. The van der Waals surface area contributed by atoms with E-state index in [-0.39, 0.29) is 0 Å². The molecule has 3 rings (SSSR count). The van der Waals surface area contributed by atoms with Gasteiger partial charge in [-0.2, -0.15) is 5.10 Å². The van der Waals surface area contributed by atoms with Crippen molar-refractivity contribution in [2.45, 2.75) is 0 Å². The van der Waals surface area contributed by atoms with Gasteiger partial charge >= 0.3 is 0 Å². The summed E-state index contributed by atoms with van der Waals surface area (Å²) >= 11 is 0. The first-order valence-corrected chi connectivity index (χ1v) is 5.94. The van der Waals surface area contributed by atoms with Crippen LogP contribution in [0.5, 0.6) is 0 Å². The minimum atomic E-state index is -0.465. The molecule has 0 unspecified atom stereocenters. The molecule has 1 aromatic carbocycles. The van der Waals surface area contributed by atoms with E-state index in [4.69, 9.17) is 5.73 Å². The summed E-state index contributed by atoms with van der Waals surface area (Å²) in [5.74, 6) is 5.49. The van der Waals surface area contributed by atoms with Crippen LogP contribution >= 0.6 is 0 Å². The number of aromatic nitrogens is 3. The Labute approximate surface area is 115 Å². The van der Waals surface area contributed by atoms with Crippen LogP contribution < -0.4 is 5.73 Å². The van der Waals surface area contributed by atoms with E-state index < -0.39 is 5.91 Å². The Morgan fingerprint density at radius 2 is 2.05 bits per heavy atom. The highest BCUT2D eigenvalue weighted by molar-refractivity contribution is 5.93. The molecule has 0 saturated heterocycles. The molecule has 5 nitrogen and oxygen atoms in total. The second-order valence-corrected chi connectivity index (χ2v) is 4.17. The van der Waals surface area contributed by atoms with Crippen molar-refractivity contribution in [3.8, 4) is 11.8 Å². The minimum Gasteiger partial charge on any atom is -0.366 e. The maximum atomic E-state index is 11.1. The molecule has 20 heavy (non-hydrogen) atoms. The molecule has 2 aromatic heterocycles. The summed E-state index contributed by atoms with van der Waals surface area (Å²) in [5.41, 5.74) is 7.91. The summed E-state index contributed by atoms with van der Waals surface area (Å²) in [5, 5.41) is 4.10. The molecule has 0 aliphatic carbocycles. The molecule has 0 atom stereocenters. The number of benzene rings is 1. The molecular weight excluding hydrogens is 252 g/mol. The zero-order valence-corrected chi connectivity index (χ0v) is 10.4. The summed E-state index contributed by atoms with van der Waals surface area (Å²) in [6, 6.07) is 8.70. The van der Waals surface area contributed by atoms with E-state index >= 15 is 0 Å². The lowest BCUT2D eigenvalue weighted by Gasteiger charge is -1.96. The Balaban J connectivity index is 1.94. The molecule has 0 aliphatic heterocycles. The van der Waals surface area contributed by atoms with Gasteiger partial charge in [0.2, 0.25) is 5.91 Å². The van der Waals surface area contributed by atoms with E-state index in [0.717, 1.165) is 16.8 Å². The minimum absolute atomic E-state index is 0.442. The SMILES string of the molecule is NC(=O)c1cccc(C#Cc2cnc3ccnn3c2)c1. The number of rotatable bonds is 1. The molecule has 2 N–H and O–H groups in total. The molecule has 0 spiro atoms. The monoisotopic (exact) mass is 262 g/mol. The summed E-state index contributed by atoms with van der Waals surface area (Å²) in [4.78, 5) is 15.3. The Morgan fingerprint density at radius 3 is 2.90 bits per heavy atom. The van der Waals surface area contributed by atoms with Crippen molar-refractivity contribution in [3.05, 3.63) is 65.6 Å². The van der Waals surface area contributed by atoms with Crippen LogP contribution in [-0.2, 0) is 0 Å². The van der Waals surface area contributed by atoms with Gasteiger partial charge in [0.25, 0.3) is 0 Å². The number of fused-ring (bicyclic) bond motifs is 1. The van der Waals surface area contributed by atoms with Crippen LogP contribution in [0, 0.1) is 11.8 Å². The standard InChI is InChI=1S/C15H10N4O/c16-15(20)13-3-1-2-11(8-13)4-5-12-9-17-14-6-7-18-19(14)10-12/h1-3,6-10H,(H2,16,20). The second kappa shape index (κ2) is 4.86. The van der Waals surface area contributed by atoms with Gasteiger partial charge in [0.05, 0.1) is 11.8 Å². The Morgan fingerprint density at radius 1 is 1.20 bits per heavy atom. The van der Waals surface area contributed by atoms with Crippen molar-refractivity contribution in [1.29, 1.82) is 0 Å². The lowest BCUT2D eigenvalue weighted by molar-refractivity contribution is 0.100. The molecule has 96 valence electrons. The van der Waals surface area contributed by atoms with Gasteiger partial charge in [-0.05, 0) is 18.2 Å². The van der Waals surface area contributed by atoms with E-state index in [2.05, 4.69) is 21.9 Å². The summed E-state index contributed by atoms with van der Waals surface area (Å²) in [6.07, 6.45) is 5.16. The topological polar surface area (TPSA) is 73.3 Å². The van der Waals surface area contributed by atoms with Gasteiger partial charge < -0.3 is 5.73 Å². The lowest BCUT2D eigenvalue weighted by Crippen LogP contribution is -2.10. The van der Waals surface area contributed by atoms with E-state index in [1.807, 2.05) is 12.1 Å². The van der Waals surface area contributed by atoms with Crippen molar-refractivity contribution in [3.63, 3.8) is 0 Å². The first-order chi connectivity index (χ1) is 9.72. The molecule has 3 aromatic rings. The van der Waals surface area contributed by atoms with Gasteiger partial charge in [-0.1, -0.05) is 17.9 Å². The third-order valence-corrected chi connectivity index (χ3v) is 2.74. The van der Waals surface area contributed by atoms with Crippen molar-refractivity contribution in [2.24, 2.45) is 5.73 Å². The normalized spacial score (nSPS) is 10.0. The van der Waals surface area contributed by atoms with Crippen LogP contribution in [0.1, 0.15) is 21.5 Å². The van der Waals surface area contributed by atoms with Gasteiger partial charge in [-0.15, -0.1) is 0 Å². The Hall–Kier alpha value is -3.13. The van der Waals surface area contributed by atoms with E-state index in [1.165, 1.54) is 0 Å². The highest BCUT2D eigenvalue weighted by atomic mass is 16.1. The van der Waals surface area contributed by atoms with Crippen LogP contribution in [0.25, 0.3) is 5.65 Å². The van der Waals surface area contributed by atoms with Gasteiger partial charge in [-0.3, -0.25) is 4.79 Å². The highest BCUT2D eigenvalue weighted by Crippen LogP contribution is 2.04. The zero-order valence-electron chi connectivity index (χ0n) is 10.4. The third-order valence-electron chi connectivity index (χ3n) is 2.74. The Kier molecular flexibility index (Phi) is 2.90. The molecule has 0 fully saturated rings. The van der Waals surface area contributed by atoms with Gasteiger partial charge in [0, 0.05) is 29.6 Å². The van der Waals surface area contributed by atoms with Crippen LogP contribution in [0.2, 0.25) is 0 Å². The first-order valence-electron chi connectivity index (χ1n) is 5.94. The van der Waals surface area contributed by atoms with E-state index in [0.29, 0.717) is 5.56 Å². The smallest absolute Gasteiger partial charge is 0.248 e. The number of carbonyl (C=O) groups is 1. The fourth-order valence-electron chi connectivity index (χ4n) is 1.77. The molecule has 1 amide bonds. The molecule has 0 radical (unpaired) electrons. The molecule has 0 aliphatic rings. The fourth-order valence-corrected chi connectivity index (χ4v) is 1.77. The van der Waals surface area contributed by atoms with Crippen molar-refractivity contribution in [1.82, 2.24) is 14.6 Å². The highest BCUT2D eigenvalue weighted by Gasteiger charge is 1.99. The maximum Gasteiger partial charge on any atom is 0.248 e. The average molecular weight is 262 g/mol. The largest absolute Gasteiger partial charge is 0.366 e. The maximum absolute atomic E-state index is 11.1. The number of amides is 1. The summed E-state index contributed by atoms with van der Waals surface area (Å²) < 4.78 is 1.66. The van der Waals surface area contributed by atoms with Gasteiger partial charge in [0.1, 0.15) is 0 Å². The predicted molar refractivity (Wildman–Crippen MR) is 73.9 cm³/mol. The molecule has 0 saturated carbocycles. The third kappa shape index (κ3) is 2.35. The van der Waals surface area contributed by atoms with E-state index in [9.17, 15) is 4.79 Å². The van der Waals surface area contributed by atoms with Crippen LogP contribution in [-0.4, -0.2) is 20.5 Å². The molecular formula is C15H10N4O. The van der Waals surface area contributed by atoms with E-state index in [1.54, 1.807) is 41.3 Å². The number of nitrogens with two attached hydrogens (primary N) is 1. The number of nitrogens with zero attached hydrogens (tertiary/aromatic N) is 3. The average Bonchev–Trinajstić information content (AvgIpc) is 2.93. The molecule has 0 bridgehead atoms. The van der Waals surface area contributed by atoms with Crippen molar-refractivity contribution >= 4 is 11.6 Å². The van der Waals surface area contributed by atoms with Crippen molar-refractivity contribution < 1.29 is 4.79 Å². The Bertz CT molecular complexity index is 855. The first kappa shape index (κ1) is 11.9. The van der Waals surface area contributed by atoms with Crippen molar-refractivity contribution in [2.75, 3.05) is 0 Å². The lowest BCUT2D eigenvalue weighted by atomic mass is 10.1. The van der Waals surface area contributed by atoms with Crippen LogP contribution in [0.3, 0.4) is 0 Å². The molecule has 2 heterocycles. The summed E-state index contributed by atoms with van der Waals surface area (Å²) in [6.45, 7) is 0. The predicted octanol–water partition coefficient (Wildman–Crippen LogP) is 1.23. The van der Waals surface area contributed by atoms with Gasteiger partial charge in [0.15, 0.2) is 5.65 Å². The van der Waals surface area contributed by atoms with Crippen LogP contribution in [0.15, 0.2) is 48.9 Å². The summed E-state index contributed by atoms with van der Waals surface area (Å²) in [7, 11) is 0. The van der Waals surface area contributed by atoms with Gasteiger partial charge in [-0.25, -0.2) is 9.50 Å². The number of hydrogen-bond acceptors (Lipinski definition) is 3. The molecule has 5 heteroatoms. The quantitative estimate of drug-likeness (QED) is 0.670. The second-order valence-electron chi connectivity index (χ2n) is 4.17. The zero-order chi connectivity index (χ0) is 13.9. The number of carbonyl (C=O) groups excluding carboxylic acids is 1. The number of hydrogen-bond donors (Lipinski definition) is 1. The van der Waals surface area contributed by atoms with Crippen LogP contribution in [0.4, 0.5) is 0 Å².